The van der Waals surface area contributed by atoms with Crippen LogP contribution in [0.3, 0.4) is 0 Å². The van der Waals surface area contributed by atoms with Crippen LogP contribution in [0, 0.1) is 0 Å². The Balaban J connectivity index is 2.02. The number of fused-ring (bicyclic) bond motifs is 3. The van der Waals surface area contributed by atoms with Gasteiger partial charge in [0.25, 0.3) is 0 Å². The van der Waals surface area contributed by atoms with E-state index in [2.05, 4.69) is 6.92 Å². The Morgan fingerprint density at radius 1 is 0.870 bits per heavy atom. The molecule has 0 spiro atoms. The van der Waals surface area contributed by atoms with E-state index in [1.165, 1.54) is 12.1 Å². The quantitative estimate of drug-likeness (QED) is 0.411. The predicted octanol–water partition coefficient (Wildman–Crippen LogP) is 6.19. The molecule has 0 aliphatic carbocycles. The Bertz CT molecular complexity index is 837. The molecule has 0 unspecified atom stereocenters. The maximum Gasteiger partial charge on any atom is 0.416 e. The standard InChI is InChI=1S/C19H17F3O/c1-2-3-10-23-16-7-9-18-14(12-16)5-4-13-11-15(19(20,21)22)6-8-17(13)18/h4-9,11-12H,2-3,10H2,1H3. The molecule has 0 saturated carbocycles. The normalized spacial score (nSPS) is 12.0. The first-order chi connectivity index (χ1) is 11.0. The molecule has 0 aromatic heterocycles. The summed E-state index contributed by atoms with van der Waals surface area (Å²) in [4.78, 5) is 0. The van der Waals surface area contributed by atoms with Gasteiger partial charge in [0.15, 0.2) is 0 Å². The van der Waals surface area contributed by atoms with Gasteiger partial charge in [-0.25, -0.2) is 0 Å². The molecule has 4 heteroatoms. The van der Waals surface area contributed by atoms with Gasteiger partial charge in [0, 0.05) is 0 Å². The van der Waals surface area contributed by atoms with Crippen molar-refractivity contribution in [1.82, 2.24) is 0 Å². The average Bonchev–Trinajstić information content (AvgIpc) is 2.53. The summed E-state index contributed by atoms with van der Waals surface area (Å²) >= 11 is 0. The number of rotatable bonds is 4. The van der Waals surface area contributed by atoms with Crippen molar-refractivity contribution >= 4 is 21.5 Å². The lowest BCUT2D eigenvalue weighted by Gasteiger charge is -2.11. The monoisotopic (exact) mass is 318 g/mol. The van der Waals surface area contributed by atoms with Gasteiger partial charge < -0.3 is 4.74 Å². The molecule has 0 amide bonds. The Morgan fingerprint density at radius 3 is 2.17 bits per heavy atom. The van der Waals surface area contributed by atoms with Crippen LogP contribution in [0.25, 0.3) is 21.5 Å². The van der Waals surface area contributed by atoms with Gasteiger partial charge >= 0.3 is 6.18 Å². The Labute approximate surface area is 132 Å². The number of halogens is 3. The zero-order chi connectivity index (χ0) is 16.4. The van der Waals surface area contributed by atoms with Crippen molar-refractivity contribution in [3.05, 3.63) is 54.1 Å². The van der Waals surface area contributed by atoms with Crippen molar-refractivity contribution < 1.29 is 17.9 Å². The Morgan fingerprint density at radius 2 is 1.52 bits per heavy atom. The van der Waals surface area contributed by atoms with E-state index in [1.807, 2.05) is 24.3 Å². The van der Waals surface area contributed by atoms with Gasteiger partial charge in [-0.15, -0.1) is 0 Å². The molecule has 1 nitrogen and oxygen atoms in total. The zero-order valence-electron chi connectivity index (χ0n) is 12.8. The summed E-state index contributed by atoms with van der Waals surface area (Å²) in [5.41, 5.74) is -0.621. The van der Waals surface area contributed by atoms with Crippen molar-refractivity contribution in [2.24, 2.45) is 0 Å². The van der Waals surface area contributed by atoms with Crippen molar-refractivity contribution in [2.75, 3.05) is 6.61 Å². The van der Waals surface area contributed by atoms with Crippen LogP contribution < -0.4 is 4.74 Å². The molecule has 23 heavy (non-hydrogen) atoms. The number of hydrogen-bond donors (Lipinski definition) is 0. The van der Waals surface area contributed by atoms with E-state index in [1.54, 1.807) is 6.07 Å². The van der Waals surface area contributed by atoms with Gasteiger partial charge in [0.2, 0.25) is 0 Å². The number of benzene rings is 3. The van der Waals surface area contributed by atoms with Gasteiger partial charge in [0.1, 0.15) is 5.75 Å². The summed E-state index contributed by atoms with van der Waals surface area (Å²) < 4.78 is 44.1. The first-order valence-electron chi connectivity index (χ1n) is 7.65. The molecule has 0 radical (unpaired) electrons. The van der Waals surface area contributed by atoms with Crippen LogP contribution in [-0.4, -0.2) is 6.61 Å². The molecule has 0 heterocycles. The molecular formula is C19H17F3O. The van der Waals surface area contributed by atoms with Gasteiger partial charge in [-0.1, -0.05) is 37.6 Å². The summed E-state index contributed by atoms with van der Waals surface area (Å²) in [7, 11) is 0. The first kappa shape index (κ1) is 15.7. The van der Waals surface area contributed by atoms with Crippen LogP contribution in [0.4, 0.5) is 13.2 Å². The lowest BCUT2D eigenvalue weighted by Crippen LogP contribution is -2.04. The highest BCUT2D eigenvalue weighted by molar-refractivity contribution is 6.07. The highest BCUT2D eigenvalue weighted by Crippen LogP contribution is 2.34. The van der Waals surface area contributed by atoms with E-state index >= 15 is 0 Å². The van der Waals surface area contributed by atoms with Gasteiger partial charge in [-0.2, -0.15) is 13.2 Å². The predicted molar refractivity (Wildman–Crippen MR) is 86.9 cm³/mol. The van der Waals surface area contributed by atoms with Crippen LogP contribution in [0.2, 0.25) is 0 Å². The van der Waals surface area contributed by atoms with Crippen LogP contribution in [-0.2, 0) is 6.18 Å². The van der Waals surface area contributed by atoms with Gasteiger partial charge in [-0.3, -0.25) is 0 Å². The fourth-order valence-electron chi connectivity index (χ4n) is 2.65. The molecule has 0 bridgehead atoms. The summed E-state index contributed by atoms with van der Waals surface area (Å²) in [6.45, 7) is 2.77. The highest BCUT2D eigenvalue weighted by Gasteiger charge is 2.30. The molecule has 0 fully saturated rings. The lowest BCUT2D eigenvalue weighted by atomic mass is 10.00. The number of alkyl halides is 3. The second-order valence-electron chi connectivity index (χ2n) is 5.58. The summed E-state index contributed by atoms with van der Waals surface area (Å²) in [6.07, 6.45) is -2.25. The second-order valence-corrected chi connectivity index (χ2v) is 5.58. The smallest absolute Gasteiger partial charge is 0.416 e. The van der Waals surface area contributed by atoms with E-state index in [-0.39, 0.29) is 0 Å². The fraction of sp³-hybridized carbons (Fsp3) is 0.263. The molecule has 3 rings (SSSR count). The van der Waals surface area contributed by atoms with Crippen molar-refractivity contribution in [1.29, 1.82) is 0 Å². The molecule has 0 atom stereocenters. The molecule has 3 aromatic carbocycles. The van der Waals surface area contributed by atoms with E-state index < -0.39 is 11.7 Å². The topological polar surface area (TPSA) is 9.23 Å². The summed E-state index contributed by atoms with van der Waals surface area (Å²) in [6, 6.07) is 13.1. The minimum absolute atomic E-state index is 0.590. The first-order valence-corrected chi connectivity index (χ1v) is 7.65. The van der Waals surface area contributed by atoms with Crippen LogP contribution >= 0.6 is 0 Å². The number of unbranched alkanes of at least 4 members (excludes halogenated alkanes) is 1. The maximum atomic E-state index is 12.8. The number of hydrogen-bond acceptors (Lipinski definition) is 1. The van der Waals surface area contributed by atoms with Crippen LogP contribution in [0.1, 0.15) is 25.3 Å². The molecular weight excluding hydrogens is 301 g/mol. The van der Waals surface area contributed by atoms with Crippen molar-refractivity contribution in [2.45, 2.75) is 25.9 Å². The third-order valence-corrected chi connectivity index (χ3v) is 3.90. The minimum atomic E-state index is -4.32. The van der Waals surface area contributed by atoms with E-state index in [4.69, 9.17) is 4.74 Å². The SMILES string of the molecule is CCCCOc1ccc2c(ccc3cc(C(F)(F)F)ccc32)c1. The highest BCUT2D eigenvalue weighted by atomic mass is 19.4. The van der Waals surface area contributed by atoms with Crippen molar-refractivity contribution in [3.63, 3.8) is 0 Å². The van der Waals surface area contributed by atoms with Crippen molar-refractivity contribution in [3.8, 4) is 5.75 Å². The Hall–Kier alpha value is -2.23. The largest absolute Gasteiger partial charge is 0.494 e. The summed E-state index contributed by atoms with van der Waals surface area (Å²) in [5.74, 6) is 0.789. The molecule has 120 valence electrons. The fourth-order valence-corrected chi connectivity index (χ4v) is 2.65. The number of ether oxygens (including phenoxy) is 1. The summed E-state index contributed by atoms with van der Waals surface area (Å²) in [5, 5.41) is 3.30. The minimum Gasteiger partial charge on any atom is -0.494 e. The van der Waals surface area contributed by atoms with E-state index in [0.717, 1.165) is 40.8 Å². The second kappa shape index (κ2) is 6.11. The van der Waals surface area contributed by atoms with E-state index in [9.17, 15) is 13.2 Å². The molecule has 0 N–H and O–H groups in total. The van der Waals surface area contributed by atoms with Crippen LogP contribution in [0.5, 0.6) is 5.75 Å². The molecule has 0 aliphatic rings. The third kappa shape index (κ3) is 3.26. The van der Waals surface area contributed by atoms with E-state index in [0.29, 0.717) is 12.0 Å². The zero-order valence-corrected chi connectivity index (χ0v) is 12.8. The maximum absolute atomic E-state index is 12.8. The molecule has 0 aliphatic heterocycles. The molecule has 0 saturated heterocycles. The Kier molecular flexibility index (Phi) is 4.16. The van der Waals surface area contributed by atoms with Crippen LogP contribution in [0.15, 0.2) is 48.5 Å². The third-order valence-electron chi connectivity index (χ3n) is 3.90. The average molecular weight is 318 g/mol. The van der Waals surface area contributed by atoms with Gasteiger partial charge in [0.05, 0.1) is 12.2 Å². The molecule has 3 aromatic rings. The van der Waals surface area contributed by atoms with Gasteiger partial charge in [-0.05, 0) is 52.2 Å². The lowest BCUT2D eigenvalue weighted by molar-refractivity contribution is -0.137.